The van der Waals surface area contributed by atoms with Gasteiger partial charge in [-0.3, -0.25) is 14.2 Å². The molecular weight excluding hydrogens is 526 g/mol. The molecule has 5 aromatic rings. The van der Waals surface area contributed by atoms with Crippen molar-refractivity contribution in [1.82, 2.24) is 4.57 Å². The Bertz CT molecular complexity index is 1780. The van der Waals surface area contributed by atoms with Gasteiger partial charge in [-0.25, -0.2) is 9.69 Å². The predicted octanol–water partition coefficient (Wildman–Crippen LogP) is 7.38. The van der Waals surface area contributed by atoms with Crippen LogP contribution in [0.15, 0.2) is 91.0 Å². The molecule has 3 amide bonds. The Balaban J connectivity index is 1.57. The number of hydrogen-bond donors (Lipinski definition) is 1. The number of aryl methyl sites for hydroxylation is 3. The van der Waals surface area contributed by atoms with Crippen LogP contribution in [0.3, 0.4) is 0 Å². The Morgan fingerprint density at radius 1 is 0.762 bits per heavy atom. The number of anilines is 2. The number of fused-ring (bicyclic) bond motifs is 1. The fourth-order valence-corrected chi connectivity index (χ4v) is 5.01. The molecule has 0 fully saturated rings. The van der Waals surface area contributed by atoms with Crippen LogP contribution in [-0.2, 0) is 11.2 Å². The lowest BCUT2D eigenvalue weighted by Crippen LogP contribution is -2.41. The van der Waals surface area contributed by atoms with Crippen LogP contribution < -0.4 is 15.0 Å². The van der Waals surface area contributed by atoms with Gasteiger partial charge in [-0.2, -0.15) is 0 Å². The van der Waals surface area contributed by atoms with Crippen LogP contribution >= 0.6 is 0 Å². The summed E-state index contributed by atoms with van der Waals surface area (Å²) in [6.45, 7) is 7.70. The largest absolute Gasteiger partial charge is 0.497 e. The third kappa shape index (κ3) is 5.67. The van der Waals surface area contributed by atoms with Crippen molar-refractivity contribution in [1.29, 1.82) is 0 Å². The summed E-state index contributed by atoms with van der Waals surface area (Å²) < 4.78 is 7.11. The Kier molecular flexibility index (Phi) is 7.93. The van der Waals surface area contributed by atoms with E-state index in [9.17, 15) is 14.4 Å². The van der Waals surface area contributed by atoms with Gasteiger partial charge >= 0.3 is 6.03 Å². The molecule has 0 saturated carbocycles. The molecule has 0 aliphatic carbocycles. The van der Waals surface area contributed by atoms with Gasteiger partial charge in [-0.05, 0) is 87.9 Å². The van der Waals surface area contributed by atoms with Crippen LogP contribution in [0.1, 0.15) is 38.3 Å². The minimum atomic E-state index is -0.567. The molecule has 0 aliphatic heterocycles. The zero-order valence-corrected chi connectivity index (χ0v) is 24.4. The molecule has 0 bridgehead atoms. The fraction of sp³-hybridized carbons (Fsp3) is 0.171. The van der Waals surface area contributed by atoms with Gasteiger partial charge in [0.1, 0.15) is 5.75 Å². The van der Waals surface area contributed by atoms with E-state index in [2.05, 4.69) is 5.32 Å². The molecule has 1 N–H and O–H groups in total. The number of carbonyl (C=O) groups excluding carboxylic acids is 3. The average molecular weight is 560 g/mol. The number of benzene rings is 4. The number of amides is 3. The van der Waals surface area contributed by atoms with Crippen molar-refractivity contribution in [2.24, 2.45) is 0 Å². The van der Waals surface area contributed by atoms with Gasteiger partial charge < -0.3 is 10.1 Å². The van der Waals surface area contributed by atoms with Gasteiger partial charge in [0.15, 0.2) is 0 Å². The summed E-state index contributed by atoms with van der Waals surface area (Å²) in [4.78, 5) is 42.6. The van der Waals surface area contributed by atoms with E-state index < -0.39 is 11.9 Å². The van der Waals surface area contributed by atoms with E-state index in [1.165, 1.54) is 0 Å². The minimum Gasteiger partial charge on any atom is -0.497 e. The Labute approximate surface area is 245 Å². The number of imide groups is 1. The SMILES string of the molecule is COc1ccc2c(c1)c(CC(=O)N(C(=O)Nc1ccc(C)cc1)c1ccc(C)cc1)c(C)n2C(=O)c1ccc(C)cc1. The third-order valence-electron chi connectivity index (χ3n) is 7.42. The lowest BCUT2D eigenvalue weighted by atomic mass is 10.1. The Morgan fingerprint density at radius 2 is 1.33 bits per heavy atom. The predicted molar refractivity (Wildman–Crippen MR) is 167 cm³/mol. The second-order valence-corrected chi connectivity index (χ2v) is 10.5. The number of rotatable bonds is 6. The van der Waals surface area contributed by atoms with E-state index in [4.69, 9.17) is 4.74 Å². The molecular formula is C35H33N3O4. The van der Waals surface area contributed by atoms with E-state index in [0.29, 0.717) is 44.8 Å². The van der Waals surface area contributed by atoms with E-state index >= 15 is 0 Å². The molecule has 7 heteroatoms. The van der Waals surface area contributed by atoms with Crippen LogP contribution in [0.4, 0.5) is 16.2 Å². The molecule has 212 valence electrons. The third-order valence-corrected chi connectivity index (χ3v) is 7.42. The van der Waals surface area contributed by atoms with E-state index in [-0.39, 0.29) is 12.3 Å². The molecule has 0 aliphatic rings. The van der Waals surface area contributed by atoms with Crippen molar-refractivity contribution in [3.05, 3.63) is 125 Å². The maximum Gasteiger partial charge on any atom is 0.333 e. The number of ether oxygens (including phenoxy) is 1. The molecule has 0 radical (unpaired) electrons. The molecule has 0 spiro atoms. The van der Waals surface area contributed by atoms with Gasteiger partial charge in [0.2, 0.25) is 5.91 Å². The minimum absolute atomic E-state index is 0.112. The lowest BCUT2D eigenvalue weighted by Gasteiger charge is -2.22. The average Bonchev–Trinajstić information content (AvgIpc) is 3.25. The molecule has 0 unspecified atom stereocenters. The highest BCUT2D eigenvalue weighted by Gasteiger charge is 2.28. The van der Waals surface area contributed by atoms with Gasteiger partial charge in [0.05, 0.1) is 24.7 Å². The van der Waals surface area contributed by atoms with Gasteiger partial charge in [0.25, 0.3) is 5.91 Å². The molecule has 1 aromatic heterocycles. The van der Waals surface area contributed by atoms with Crippen LogP contribution in [0.25, 0.3) is 10.9 Å². The fourth-order valence-electron chi connectivity index (χ4n) is 5.01. The quantitative estimate of drug-likeness (QED) is 0.235. The normalized spacial score (nSPS) is 10.9. The maximum atomic E-state index is 14.1. The molecule has 0 saturated heterocycles. The summed E-state index contributed by atoms with van der Waals surface area (Å²) in [6, 6.07) is 26.9. The molecule has 0 atom stereocenters. The van der Waals surface area contributed by atoms with Crippen LogP contribution in [0.2, 0.25) is 0 Å². The topological polar surface area (TPSA) is 80.6 Å². The van der Waals surface area contributed by atoms with Crippen LogP contribution in [0.5, 0.6) is 5.75 Å². The van der Waals surface area contributed by atoms with Crippen LogP contribution in [-0.4, -0.2) is 29.5 Å². The monoisotopic (exact) mass is 559 g/mol. The highest BCUT2D eigenvalue weighted by Crippen LogP contribution is 2.32. The number of hydrogen-bond acceptors (Lipinski definition) is 4. The summed E-state index contributed by atoms with van der Waals surface area (Å²) >= 11 is 0. The number of carbonyl (C=O) groups is 3. The van der Waals surface area contributed by atoms with Gasteiger partial charge in [0, 0.05) is 22.3 Å². The summed E-state index contributed by atoms with van der Waals surface area (Å²) in [5, 5.41) is 3.57. The molecule has 5 rings (SSSR count). The summed E-state index contributed by atoms with van der Waals surface area (Å²) in [5.74, 6) is -0.0336. The Hall–Kier alpha value is -5.17. The summed E-state index contributed by atoms with van der Waals surface area (Å²) in [7, 11) is 1.57. The highest BCUT2D eigenvalue weighted by atomic mass is 16.5. The van der Waals surface area contributed by atoms with Crippen molar-refractivity contribution in [2.45, 2.75) is 34.1 Å². The van der Waals surface area contributed by atoms with Crippen molar-refractivity contribution in [2.75, 3.05) is 17.3 Å². The zero-order valence-electron chi connectivity index (χ0n) is 24.4. The summed E-state index contributed by atoms with van der Waals surface area (Å²) in [5.41, 5.74) is 6.61. The molecule has 1 heterocycles. The summed E-state index contributed by atoms with van der Waals surface area (Å²) in [6.07, 6.45) is -0.112. The first-order chi connectivity index (χ1) is 20.2. The number of nitrogens with zero attached hydrogens (tertiary/aromatic N) is 2. The van der Waals surface area contributed by atoms with Crippen molar-refractivity contribution < 1.29 is 19.1 Å². The number of urea groups is 1. The number of methoxy groups -OCH3 is 1. The first-order valence-corrected chi connectivity index (χ1v) is 13.7. The molecule has 7 nitrogen and oxygen atoms in total. The molecule has 42 heavy (non-hydrogen) atoms. The smallest absolute Gasteiger partial charge is 0.333 e. The second-order valence-electron chi connectivity index (χ2n) is 10.5. The first kappa shape index (κ1) is 28.4. The van der Waals surface area contributed by atoms with Crippen LogP contribution in [0, 0.1) is 27.7 Å². The lowest BCUT2D eigenvalue weighted by molar-refractivity contribution is -0.117. The second kappa shape index (κ2) is 11.7. The highest BCUT2D eigenvalue weighted by molar-refractivity contribution is 6.19. The van der Waals surface area contributed by atoms with Crippen molar-refractivity contribution >= 4 is 40.1 Å². The van der Waals surface area contributed by atoms with E-state index in [0.717, 1.165) is 21.6 Å². The van der Waals surface area contributed by atoms with E-state index in [1.54, 1.807) is 54.1 Å². The van der Waals surface area contributed by atoms with Gasteiger partial charge in [-0.15, -0.1) is 0 Å². The zero-order chi connectivity index (χ0) is 30.0. The molecule has 4 aromatic carbocycles. The number of nitrogens with one attached hydrogen (secondary N) is 1. The van der Waals surface area contributed by atoms with E-state index in [1.807, 2.05) is 76.2 Å². The Morgan fingerprint density at radius 3 is 1.93 bits per heavy atom. The van der Waals surface area contributed by atoms with Crippen molar-refractivity contribution in [3.8, 4) is 5.75 Å². The standard InChI is InChI=1S/C35H33N3O4/c1-22-6-12-26(13-7-22)34(40)37-25(4)30(31-20-29(42-5)18-19-32(31)37)21-33(39)38(28-16-10-24(3)11-17-28)35(41)36-27-14-8-23(2)9-15-27/h6-20H,21H2,1-5H3,(H,36,41). The maximum absolute atomic E-state index is 14.1. The van der Waals surface area contributed by atoms with Gasteiger partial charge in [-0.1, -0.05) is 53.1 Å². The first-order valence-electron chi connectivity index (χ1n) is 13.7. The number of aromatic nitrogens is 1. The van der Waals surface area contributed by atoms with Crippen molar-refractivity contribution in [3.63, 3.8) is 0 Å².